The van der Waals surface area contributed by atoms with Crippen LogP contribution in [0.1, 0.15) is 149 Å². The largest absolute Gasteiger partial charge is 0.0654 e. The molecule has 2 aliphatic rings. The molecule has 0 unspecified atom stereocenters. The third kappa shape index (κ3) is 9.85. The summed E-state index contributed by atoms with van der Waals surface area (Å²) in [7, 11) is 0. The SMILES string of the molecule is CCCCCCCCC1CCC(C2CCC(CCCCCCC)CC2)CC1. The Morgan fingerprint density at radius 2 is 0.741 bits per heavy atom. The van der Waals surface area contributed by atoms with Crippen molar-refractivity contribution in [3.05, 3.63) is 0 Å². The topological polar surface area (TPSA) is 0 Å². The van der Waals surface area contributed by atoms with E-state index in [9.17, 15) is 0 Å². The van der Waals surface area contributed by atoms with Crippen molar-refractivity contribution in [3.63, 3.8) is 0 Å². The Morgan fingerprint density at radius 1 is 0.407 bits per heavy atom. The average molecular weight is 377 g/mol. The van der Waals surface area contributed by atoms with Crippen molar-refractivity contribution < 1.29 is 0 Å². The van der Waals surface area contributed by atoms with Crippen molar-refractivity contribution in [3.8, 4) is 0 Å². The van der Waals surface area contributed by atoms with E-state index in [-0.39, 0.29) is 0 Å². The number of unbranched alkanes of at least 4 members (excludes halogenated alkanes) is 9. The normalized spacial score (nSPS) is 29.1. The zero-order valence-corrected chi connectivity index (χ0v) is 19.2. The lowest BCUT2D eigenvalue weighted by molar-refractivity contribution is 0.139. The van der Waals surface area contributed by atoms with E-state index in [1.165, 1.54) is 70.6 Å². The molecule has 0 N–H and O–H groups in total. The summed E-state index contributed by atoms with van der Waals surface area (Å²) in [5.41, 5.74) is 0. The van der Waals surface area contributed by atoms with Gasteiger partial charge in [0.05, 0.1) is 0 Å². The summed E-state index contributed by atoms with van der Waals surface area (Å²) in [6, 6.07) is 0. The van der Waals surface area contributed by atoms with Crippen LogP contribution in [-0.2, 0) is 0 Å². The van der Waals surface area contributed by atoms with Crippen LogP contribution in [0.5, 0.6) is 0 Å². The molecular formula is C27H52. The van der Waals surface area contributed by atoms with E-state index < -0.39 is 0 Å². The van der Waals surface area contributed by atoms with Crippen LogP contribution < -0.4 is 0 Å². The van der Waals surface area contributed by atoms with Crippen molar-refractivity contribution >= 4 is 0 Å². The van der Waals surface area contributed by atoms with E-state index in [0.717, 1.165) is 23.7 Å². The lowest BCUT2D eigenvalue weighted by Crippen LogP contribution is -2.25. The quantitative estimate of drug-likeness (QED) is 0.265. The van der Waals surface area contributed by atoms with Crippen LogP contribution >= 0.6 is 0 Å². The maximum absolute atomic E-state index is 2.32. The van der Waals surface area contributed by atoms with E-state index in [0.29, 0.717) is 0 Å². The molecule has 0 nitrogen and oxygen atoms in total. The van der Waals surface area contributed by atoms with E-state index in [1.807, 2.05) is 0 Å². The van der Waals surface area contributed by atoms with Crippen LogP contribution in [0.3, 0.4) is 0 Å². The van der Waals surface area contributed by atoms with Crippen molar-refractivity contribution in [2.75, 3.05) is 0 Å². The Labute approximate surface area is 172 Å². The first-order chi connectivity index (χ1) is 13.3. The Kier molecular flexibility index (Phi) is 12.9. The molecule has 27 heavy (non-hydrogen) atoms. The van der Waals surface area contributed by atoms with Gasteiger partial charge in [0.25, 0.3) is 0 Å². The molecule has 0 atom stereocenters. The van der Waals surface area contributed by atoms with E-state index in [4.69, 9.17) is 0 Å². The standard InChI is InChI=1S/C27H52/c1-3-5-7-9-11-13-15-25-18-22-27(23-19-25)26-20-16-24(17-21-26)14-12-10-8-6-4-2/h24-27H,3-23H2,1-2H3. The molecule has 2 fully saturated rings. The van der Waals surface area contributed by atoms with Crippen LogP contribution in [0, 0.1) is 23.7 Å². The van der Waals surface area contributed by atoms with E-state index in [1.54, 1.807) is 64.2 Å². The lowest BCUT2D eigenvalue weighted by atomic mass is 9.68. The molecule has 2 saturated carbocycles. The van der Waals surface area contributed by atoms with Crippen LogP contribution in [0.4, 0.5) is 0 Å². The first-order valence-corrected chi connectivity index (χ1v) is 13.3. The Morgan fingerprint density at radius 3 is 1.11 bits per heavy atom. The smallest absolute Gasteiger partial charge is 0.0386 e. The fraction of sp³-hybridized carbons (Fsp3) is 1.00. The molecule has 0 heterocycles. The first-order valence-electron chi connectivity index (χ1n) is 13.3. The second kappa shape index (κ2) is 14.9. The van der Waals surface area contributed by atoms with E-state index in [2.05, 4.69) is 13.8 Å². The second-order valence-corrected chi connectivity index (χ2v) is 10.3. The van der Waals surface area contributed by atoms with Gasteiger partial charge in [-0.1, -0.05) is 123 Å². The van der Waals surface area contributed by atoms with Gasteiger partial charge in [-0.05, 0) is 49.4 Å². The van der Waals surface area contributed by atoms with Crippen molar-refractivity contribution in [1.82, 2.24) is 0 Å². The highest BCUT2D eigenvalue weighted by molar-refractivity contribution is 4.82. The molecule has 0 aromatic rings. The molecule has 0 heteroatoms. The number of rotatable bonds is 14. The second-order valence-electron chi connectivity index (χ2n) is 10.3. The predicted molar refractivity (Wildman–Crippen MR) is 122 cm³/mol. The minimum absolute atomic E-state index is 1.09. The average Bonchev–Trinajstić information content (AvgIpc) is 2.71. The van der Waals surface area contributed by atoms with Crippen LogP contribution in [-0.4, -0.2) is 0 Å². The molecule has 0 aromatic carbocycles. The molecular weight excluding hydrogens is 324 g/mol. The Hall–Kier alpha value is 0. The molecule has 0 bridgehead atoms. The van der Waals surface area contributed by atoms with Gasteiger partial charge in [-0.25, -0.2) is 0 Å². The lowest BCUT2D eigenvalue weighted by Gasteiger charge is -2.38. The number of hydrogen-bond acceptors (Lipinski definition) is 0. The third-order valence-electron chi connectivity index (χ3n) is 8.13. The van der Waals surface area contributed by atoms with Gasteiger partial charge in [0.2, 0.25) is 0 Å². The summed E-state index contributed by atoms with van der Waals surface area (Å²) in [5, 5.41) is 0. The van der Waals surface area contributed by atoms with Gasteiger partial charge in [-0.2, -0.15) is 0 Å². The highest BCUT2D eigenvalue weighted by Gasteiger charge is 2.30. The highest BCUT2D eigenvalue weighted by atomic mass is 14.4. The zero-order chi connectivity index (χ0) is 19.2. The van der Waals surface area contributed by atoms with Crippen LogP contribution in [0.2, 0.25) is 0 Å². The van der Waals surface area contributed by atoms with Crippen molar-refractivity contribution in [2.45, 2.75) is 149 Å². The van der Waals surface area contributed by atoms with Gasteiger partial charge < -0.3 is 0 Å². The summed E-state index contributed by atoms with van der Waals surface area (Å²) in [6.07, 6.45) is 31.8. The van der Waals surface area contributed by atoms with Gasteiger partial charge in [0.1, 0.15) is 0 Å². The van der Waals surface area contributed by atoms with Crippen molar-refractivity contribution in [2.24, 2.45) is 23.7 Å². The van der Waals surface area contributed by atoms with Gasteiger partial charge in [-0.15, -0.1) is 0 Å². The Balaban J connectivity index is 1.48. The minimum atomic E-state index is 1.09. The van der Waals surface area contributed by atoms with Gasteiger partial charge in [0.15, 0.2) is 0 Å². The van der Waals surface area contributed by atoms with Gasteiger partial charge >= 0.3 is 0 Å². The van der Waals surface area contributed by atoms with Crippen LogP contribution in [0.15, 0.2) is 0 Å². The minimum Gasteiger partial charge on any atom is -0.0654 e. The molecule has 0 aliphatic heterocycles. The van der Waals surface area contributed by atoms with Crippen LogP contribution in [0.25, 0.3) is 0 Å². The summed E-state index contributed by atoms with van der Waals surface area (Å²) < 4.78 is 0. The monoisotopic (exact) mass is 376 g/mol. The highest BCUT2D eigenvalue weighted by Crippen LogP contribution is 2.43. The maximum atomic E-state index is 2.32. The summed E-state index contributed by atoms with van der Waals surface area (Å²) in [6.45, 7) is 4.64. The van der Waals surface area contributed by atoms with Crippen molar-refractivity contribution in [1.29, 1.82) is 0 Å². The molecule has 2 rings (SSSR count). The molecule has 160 valence electrons. The van der Waals surface area contributed by atoms with Gasteiger partial charge in [-0.3, -0.25) is 0 Å². The Bertz CT molecular complexity index is 317. The zero-order valence-electron chi connectivity index (χ0n) is 19.2. The first kappa shape index (κ1) is 23.3. The van der Waals surface area contributed by atoms with E-state index >= 15 is 0 Å². The molecule has 0 saturated heterocycles. The fourth-order valence-electron chi connectivity index (χ4n) is 6.15. The predicted octanol–water partition coefficient (Wildman–Crippen LogP) is 9.71. The maximum Gasteiger partial charge on any atom is -0.0386 e. The summed E-state index contributed by atoms with van der Waals surface area (Å²) in [4.78, 5) is 0. The molecule has 0 spiro atoms. The fourth-order valence-corrected chi connectivity index (χ4v) is 6.15. The molecule has 0 radical (unpaired) electrons. The molecule has 0 aromatic heterocycles. The summed E-state index contributed by atoms with van der Waals surface area (Å²) in [5.74, 6) is 4.39. The third-order valence-corrected chi connectivity index (χ3v) is 8.13. The summed E-state index contributed by atoms with van der Waals surface area (Å²) >= 11 is 0. The number of hydrogen-bond donors (Lipinski definition) is 0. The van der Waals surface area contributed by atoms with Gasteiger partial charge in [0, 0.05) is 0 Å². The molecule has 0 amide bonds. The molecule has 2 aliphatic carbocycles.